The summed E-state index contributed by atoms with van der Waals surface area (Å²) in [7, 11) is 0. The van der Waals surface area contributed by atoms with Crippen molar-refractivity contribution in [1.29, 1.82) is 0 Å². The number of nitrogens with two attached hydrogens (primary N) is 1. The number of likely N-dealkylation sites (tertiary alicyclic amines) is 1. The predicted molar refractivity (Wildman–Crippen MR) is 75.4 cm³/mol. The van der Waals surface area contributed by atoms with E-state index in [0.29, 0.717) is 12.1 Å². The summed E-state index contributed by atoms with van der Waals surface area (Å²) in [5, 5.41) is 0. The van der Waals surface area contributed by atoms with Gasteiger partial charge in [0.2, 0.25) is 0 Å². The van der Waals surface area contributed by atoms with E-state index in [2.05, 4.69) is 37.8 Å². The first kappa shape index (κ1) is 13.1. The highest BCUT2D eigenvalue weighted by atomic mass is 32.1. The minimum atomic E-state index is 0.431. The Morgan fingerprint density at radius 3 is 2.71 bits per heavy atom. The summed E-state index contributed by atoms with van der Waals surface area (Å²) in [4.78, 5) is 5.51. The Morgan fingerprint density at radius 1 is 1.47 bits per heavy atom. The van der Waals surface area contributed by atoms with Gasteiger partial charge in [0.25, 0.3) is 0 Å². The van der Waals surface area contributed by atoms with Gasteiger partial charge in [-0.05, 0) is 37.8 Å². The lowest BCUT2D eigenvalue weighted by molar-refractivity contribution is 0.195. The second-order valence-corrected chi connectivity index (χ2v) is 6.50. The maximum atomic E-state index is 6.01. The first-order chi connectivity index (χ1) is 8.15. The second-order valence-electron chi connectivity index (χ2n) is 5.30. The van der Waals surface area contributed by atoms with Gasteiger partial charge in [-0.2, -0.15) is 0 Å². The molecule has 3 heteroatoms. The van der Waals surface area contributed by atoms with Crippen LogP contribution >= 0.6 is 11.3 Å². The number of aryl methyl sites for hydroxylation is 1. The second kappa shape index (κ2) is 5.51. The molecule has 1 aliphatic rings. The van der Waals surface area contributed by atoms with Gasteiger partial charge in [0, 0.05) is 28.9 Å². The number of nitrogens with zero attached hydrogens (tertiary/aromatic N) is 1. The van der Waals surface area contributed by atoms with E-state index in [1.54, 1.807) is 0 Å². The van der Waals surface area contributed by atoms with Gasteiger partial charge >= 0.3 is 0 Å². The minimum Gasteiger partial charge on any atom is -0.329 e. The molecule has 0 radical (unpaired) electrons. The molecule has 1 aliphatic heterocycles. The topological polar surface area (TPSA) is 29.3 Å². The molecule has 0 aliphatic carbocycles. The Labute approximate surface area is 109 Å². The number of rotatable bonds is 4. The van der Waals surface area contributed by atoms with Crippen molar-refractivity contribution in [3.05, 3.63) is 21.9 Å². The fraction of sp³-hybridized carbons (Fsp3) is 0.714. The summed E-state index contributed by atoms with van der Waals surface area (Å²) in [5.41, 5.74) is 6.01. The first-order valence-electron chi connectivity index (χ1n) is 6.70. The zero-order valence-corrected chi connectivity index (χ0v) is 12.0. The lowest BCUT2D eigenvalue weighted by Crippen LogP contribution is -2.35. The third-order valence-electron chi connectivity index (χ3n) is 3.82. The van der Waals surface area contributed by atoms with E-state index in [4.69, 9.17) is 5.73 Å². The molecule has 0 saturated carbocycles. The van der Waals surface area contributed by atoms with Gasteiger partial charge in [0.15, 0.2) is 0 Å². The van der Waals surface area contributed by atoms with Crippen LogP contribution in [0.5, 0.6) is 0 Å². The van der Waals surface area contributed by atoms with Gasteiger partial charge in [-0.3, -0.25) is 4.90 Å². The normalized spacial score (nSPS) is 27.5. The van der Waals surface area contributed by atoms with Gasteiger partial charge in [-0.25, -0.2) is 0 Å². The third kappa shape index (κ3) is 2.72. The monoisotopic (exact) mass is 252 g/mol. The maximum absolute atomic E-state index is 6.01. The van der Waals surface area contributed by atoms with E-state index in [0.717, 1.165) is 18.9 Å². The molecule has 0 spiro atoms. The van der Waals surface area contributed by atoms with Crippen molar-refractivity contribution in [1.82, 2.24) is 4.90 Å². The summed E-state index contributed by atoms with van der Waals surface area (Å²) in [6, 6.07) is 5.63. The fourth-order valence-corrected chi connectivity index (χ4v) is 4.03. The molecule has 3 atom stereocenters. The molecule has 1 saturated heterocycles. The molecule has 2 heterocycles. The smallest absolute Gasteiger partial charge is 0.0566 e. The summed E-state index contributed by atoms with van der Waals surface area (Å²) < 4.78 is 0. The average molecular weight is 252 g/mol. The van der Waals surface area contributed by atoms with Gasteiger partial charge in [0.05, 0.1) is 6.04 Å². The van der Waals surface area contributed by atoms with Crippen molar-refractivity contribution in [2.75, 3.05) is 13.1 Å². The van der Waals surface area contributed by atoms with Crippen LogP contribution in [0.25, 0.3) is 0 Å². The van der Waals surface area contributed by atoms with Crippen LogP contribution in [0.2, 0.25) is 0 Å². The van der Waals surface area contributed by atoms with Crippen LogP contribution in [0, 0.1) is 5.92 Å². The lowest BCUT2D eigenvalue weighted by Gasteiger charge is -2.29. The van der Waals surface area contributed by atoms with E-state index in [1.165, 1.54) is 22.7 Å². The Kier molecular flexibility index (Phi) is 4.23. The van der Waals surface area contributed by atoms with Crippen LogP contribution in [0.3, 0.4) is 0 Å². The van der Waals surface area contributed by atoms with Crippen LogP contribution < -0.4 is 5.73 Å². The molecule has 17 heavy (non-hydrogen) atoms. The van der Waals surface area contributed by atoms with E-state index >= 15 is 0 Å². The molecule has 0 aromatic carbocycles. The molecule has 1 aromatic heterocycles. The zero-order chi connectivity index (χ0) is 12.4. The van der Waals surface area contributed by atoms with Crippen LogP contribution in [0.15, 0.2) is 12.1 Å². The van der Waals surface area contributed by atoms with E-state index in [-0.39, 0.29) is 0 Å². The van der Waals surface area contributed by atoms with E-state index < -0.39 is 0 Å². The molecule has 96 valence electrons. The Bertz CT molecular complexity index is 361. The predicted octanol–water partition coefficient (Wildman–Crippen LogP) is 3.04. The summed E-state index contributed by atoms with van der Waals surface area (Å²) in [6.07, 6.45) is 2.44. The van der Waals surface area contributed by atoms with Crippen molar-refractivity contribution in [3.8, 4) is 0 Å². The Hall–Kier alpha value is -0.380. The summed E-state index contributed by atoms with van der Waals surface area (Å²) >= 11 is 1.93. The van der Waals surface area contributed by atoms with Crippen molar-refractivity contribution in [2.45, 2.75) is 45.7 Å². The first-order valence-corrected chi connectivity index (χ1v) is 7.51. The fourth-order valence-electron chi connectivity index (χ4n) is 2.95. The highest BCUT2D eigenvalue weighted by Gasteiger charge is 2.32. The summed E-state index contributed by atoms with van der Waals surface area (Å²) in [5.74, 6) is 0.810. The molecular formula is C14H24N2S. The Balaban J connectivity index is 2.15. The molecule has 1 aromatic rings. The van der Waals surface area contributed by atoms with Crippen molar-refractivity contribution in [2.24, 2.45) is 11.7 Å². The van der Waals surface area contributed by atoms with Gasteiger partial charge in [-0.15, -0.1) is 11.3 Å². The van der Waals surface area contributed by atoms with Crippen LogP contribution in [0.1, 0.15) is 43.0 Å². The zero-order valence-electron chi connectivity index (χ0n) is 11.1. The molecule has 2 N–H and O–H groups in total. The largest absolute Gasteiger partial charge is 0.329 e. The average Bonchev–Trinajstić information content (AvgIpc) is 2.88. The number of hydrogen-bond donors (Lipinski definition) is 1. The minimum absolute atomic E-state index is 0.431. The molecule has 1 fully saturated rings. The number of thiophene rings is 1. The van der Waals surface area contributed by atoms with Crippen LogP contribution in [0.4, 0.5) is 0 Å². The van der Waals surface area contributed by atoms with Crippen LogP contribution in [-0.2, 0) is 6.42 Å². The Morgan fingerprint density at radius 2 is 2.24 bits per heavy atom. The number of hydrogen-bond acceptors (Lipinski definition) is 3. The van der Waals surface area contributed by atoms with Crippen molar-refractivity contribution in [3.63, 3.8) is 0 Å². The van der Waals surface area contributed by atoms with Gasteiger partial charge in [0.1, 0.15) is 0 Å². The quantitative estimate of drug-likeness (QED) is 0.892. The molecule has 0 amide bonds. The van der Waals surface area contributed by atoms with E-state index in [9.17, 15) is 0 Å². The highest BCUT2D eigenvalue weighted by molar-refractivity contribution is 7.12. The molecular weight excluding hydrogens is 228 g/mol. The molecule has 2 rings (SSSR count). The third-order valence-corrected chi connectivity index (χ3v) is 5.15. The van der Waals surface area contributed by atoms with Crippen molar-refractivity contribution < 1.29 is 0 Å². The van der Waals surface area contributed by atoms with Crippen molar-refractivity contribution >= 4 is 11.3 Å². The van der Waals surface area contributed by atoms with Gasteiger partial charge < -0.3 is 5.73 Å². The van der Waals surface area contributed by atoms with Crippen LogP contribution in [-0.4, -0.2) is 24.0 Å². The lowest BCUT2D eigenvalue weighted by atomic mass is 10.1. The molecule has 3 unspecified atom stereocenters. The molecule has 2 nitrogen and oxygen atoms in total. The van der Waals surface area contributed by atoms with Gasteiger partial charge in [-0.1, -0.05) is 13.8 Å². The maximum Gasteiger partial charge on any atom is 0.0566 e. The van der Waals surface area contributed by atoms with E-state index in [1.807, 2.05) is 11.3 Å². The highest BCUT2D eigenvalue weighted by Crippen LogP contribution is 2.34. The standard InChI is InChI=1S/C14H24N2S/c1-4-12-5-6-14(17-12)13(8-15)16-9-10(2)7-11(16)3/h5-6,10-11,13H,4,7-9,15H2,1-3H3. The molecule has 0 bridgehead atoms. The summed E-state index contributed by atoms with van der Waals surface area (Å²) in [6.45, 7) is 8.83. The SMILES string of the molecule is CCc1ccc(C(CN)N2CC(C)CC2C)s1.